The van der Waals surface area contributed by atoms with E-state index in [-0.39, 0.29) is 0 Å². The maximum absolute atomic E-state index is 13.0. The molecule has 1 aliphatic rings. The van der Waals surface area contributed by atoms with Gasteiger partial charge in [-0.25, -0.2) is 9.07 Å². The van der Waals surface area contributed by atoms with Crippen molar-refractivity contribution in [1.29, 1.82) is 0 Å². The number of hydrogen-bond acceptors (Lipinski definition) is 1. The van der Waals surface area contributed by atoms with Gasteiger partial charge < -0.3 is 0 Å². The summed E-state index contributed by atoms with van der Waals surface area (Å²) < 4.78 is 14.9. The van der Waals surface area contributed by atoms with Crippen LogP contribution in [0.5, 0.6) is 0 Å². The Morgan fingerprint density at radius 3 is 2.71 bits per heavy atom. The lowest BCUT2D eigenvalue weighted by atomic mass is 10.1. The maximum Gasteiger partial charge on any atom is 0.115 e. The van der Waals surface area contributed by atoms with Crippen LogP contribution in [0.2, 0.25) is 0 Å². The van der Waals surface area contributed by atoms with E-state index in [1.807, 2.05) is 49.8 Å². The van der Waals surface area contributed by atoms with E-state index < -0.39 is 6.67 Å². The number of alkyl halides is 1. The Morgan fingerprint density at radius 2 is 2.12 bits per heavy atom. The third kappa shape index (κ3) is 5.33. The molecule has 1 fully saturated rings. The standard InChI is InChI=1S/C21H29FN2/c1-5-6-7-19(14-22)9-8-17(4)24-15-20(13-12-18-10-11-18)21(23-24)16(2)3/h6-9,15,18H,2,5,10-14H2,1,3-4H3/b7-6+,17-8+,19-9+. The van der Waals surface area contributed by atoms with Gasteiger partial charge >= 0.3 is 0 Å². The first kappa shape index (κ1) is 18.4. The molecule has 0 amide bonds. The zero-order valence-electron chi connectivity index (χ0n) is 15.2. The van der Waals surface area contributed by atoms with E-state index in [0.29, 0.717) is 5.57 Å². The Bertz CT molecular complexity index is 657. The van der Waals surface area contributed by atoms with Crippen LogP contribution in [0.15, 0.2) is 42.7 Å². The van der Waals surface area contributed by atoms with Crippen LogP contribution < -0.4 is 0 Å². The van der Waals surface area contributed by atoms with Gasteiger partial charge in [0.05, 0.1) is 5.69 Å². The number of rotatable bonds is 9. The first-order chi connectivity index (χ1) is 11.5. The smallest absolute Gasteiger partial charge is 0.115 e. The molecule has 0 bridgehead atoms. The molecule has 2 rings (SSSR count). The number of nitrogens with zero attached hydrogens (tertiary/aromatic N) is 2. The Kier molecular flexibility index (Phi) is 6.77. The highest BCUT2D eigenvalue weighted by atomic mass is 19.1. The van der Waals surface area contributed by atoms with Gasteiger partial charge in [-0.3, -0.25) is 0 Å². The highest BCUT2D eigenvalue weighted by Crippen LogP contribution is 2.34. The van der Waals surface area contributed by atoms with Crippen molar-refractivity contribution in [3.63, 3.8) is 0 Å². The lowest BCUT2D eigenvalue weighted by Crippen LogP contribution is -1.95. The summed E-state index contributed by atoms with van der Waals surface area (Å²) in [6, 6.07) is 0. The third-order valence-electron chi connectivity index (χ3n) is 4.34. The van der Waals surface area contributed by atoms with E-state index in [4.69, 9.17) is 0 Å². The van der Waals surface area contributed by atoms with Gasteiger partial charge in [0.2, 0.25) is 0 Å². The largest absolute Gasteiger partial charge is 0.246 e. The Hall–Kier alpha value is -1.90. The quantitative estimate of drug-likeness (QED) is 0.510. The summed E-state index contributed by atoms with van der Waals surface area (Å²) in [5.41, 5.74) is 4.92. The molecule has 0 N–H and O–H groups in total. The molecule has 1 aromatic rings. The molecule has 0 radical (unpaired) electrons. The Labute approximate surface area is 145 Å². The van der Waals surface area contributed by atoms with Crippen LogP contribution in [0.3, 0.4) is 0 Å². The van der Waals surface area contributed by atoms with Crippen LogP contribution in [0.1, 0.15) is 57.7 Å². The van der Waals surface area contributed by atoms with Gasteiger partial charge in [-0.15, -0.1) is 0 Å². The van der Waals surface area contributed by atoms with Crippen molar-refractivity contribution in [2.45, 2.75) is 52.9 Å². The molecule has 1 saturated carbocycles. The summed E-state index contributed by atoms with van der Waals surface area (Å²) in [4.78, 5) is 0. The molecular formula is C21H29FN2. The van der Waals surface area contributed by atoms with E-state index >= 15 is 0 Å². The molecule has 0 aliphatic heterocycles. The fourth-order valence-electron chi connectivity index (χ4n) is 2.62. The number of allylic oxidation sites excluding steroid dienone is 7. The second-order valence-corrected chi connectivity index (χ2v) is 6.70. The summed E-state index contributed by atoms with van der Waals surface area (Å²) in [6.07, 6.45) is 15.6. The zero-order chi connectivity index (χ0) is 17.5. The van der Waals surface area contributed by atoms with E-state index in [2.05, 4.69) is 17.9 Å². The van der Waals surface area contributed by atoms with Crippen molar-refractivity contribution in [2.75, 3.05) is 6.67 Å². The second-order valence-electron chi connectivity index (χ2n) is 6.70. The van der Waals surface area contributed by atoms with Crippen LogP contribution in [-0.4, -0.2) is 16.5 Å². The van der Waals surface area contributed by atoms with E-state index in [1.165, 1.54) is 24.8 Å². The molecule has 0 unspecified atom stereocenters. The number of aromatic nitrogens is 2. The van der Waals surface area contributed by atoms with Gasteiger partial charge in [-0.05, 0) is 61.8 Å². The van der Waals surface area contributed by atoms with Crippen LogP contribution >= 0.6 is 0 Å². The lowest BCUT2D eigenvalue weighted by molar-refractivity contribution is 0.549. The summed E-state index contributed by atoms with van der Waals surface area (Å²) in [6.45, 7) is 9.64. The Morgan fingerprint density at radius 1 is 1.38 bits per heavy atom. The minimum atomic E-state index is -0.455. The van der Waals surface area contributed by atoms with Gasteiger partial charge in [-0.1, -0.05) is 44.6 Å². The fourth-order valence-corrected chi connectivity index (χ4v) is 2.62. The van der Waals surface area contributed by atoms with Crippen molar-refractivity contribution < 1.29 is 4.39 Å². The molecule has 2 nitrogen and oxygen atoms in total. The first-order valence-corrected chi connectivity index (χ1v) is 8.89. The van der Waals surface area contributed by atoms with Crippen LogP contribution in [0, 0.1) is 5.92 Å². The van der Waals surface area contributed by atoms with Crippen molar-refractivity contribution in [1.82, 2.24) is 9.78 Å². The average molecular weight is 328 g/mol. The average Bonchev–Trinajstić information content (AvgIpc) is 3.30. The highest BCUT2D eigenvalue weighted by Gasteiger charge is 2.22. The summed E-state index contributed by atoms with van der Waals surface area (Å²) in [5, 5.41) is 4.68. The van der Waals surface area contributed by atoms with Gasteiger partial charge in [0.15, 0.2) is 0 Å². The molecule has 0 aromatic carbocycles. The molecular weight excluding hydrogens is 299 g/mol. The molecule has 24 heavy (non-hydrogen) atoms. The minimum Gasteiger partial charge on any atom is -0.246 e. The van der Waals surface area contributed by atoms with Gasteiger partial charge in [0.1, 0.15) is 6.67 Å². The SMILES string of the molecule is C=C(C)c1nn(/C(C)=C/C=C(\C=C\CC)CF)cc1CCC1CC1. The van der Waals surface area contributed by atoms with Gasteiger partial charge in [0.25, 0.3) is 0 Å². The zero-order valence-corrected chi connectivity index (χ0v) is 15.2. The number of aryl methyl sites for hydroxylation is 1. The van der Waals surface area contributed by atoms with Crippen LogP contribution in [0.25, 0.3) is 11.3 Å². The van der Waals surface area contributed by atoms with E-state index in [9.17, 15) is 4.39 Å². The van der Waals surface area contributed by atoms with Crippen molar-refractivity contribution in [2.24, 2.45) is 5.92 Å². The molecule has 1 aliphatic carbocycles. The van der Waals surface area contributed by atoms with Crippen LogP contribution in [0.4, 0.5) is 4.39 Å². The Balaban J connectivity index is 2.17. The number of halogens is 1. The lowest BCUT2D eigenvalue weighted by Gasteiger charge is -2.00. The first-order valence-electron chi connectivity index (χ1n) is 8.89. The van der Waals surface area contributed by atoms with Gasteiger partial charge in [0, 0.05) is 11.9 Å². The molecule has 3 heteroatoms. The summed E-state index contributed by atoms with van der Waals surface area (Å²) in [5.74, 6) is 0.906. The monoisotopic (exact) mass is 328 g/mol. The molecule has 1 heterocycles. The van der Waals surface area contributed by atoms with Crippen LogP contribution in [-0.2, 0) is 6.42 Å². The molecule has 0 atom stereocenters. The molecule has 0 spiro atoms. The molecule has 0 saturated heterocycles. The predicted molar refractivity (Wildman–Crippen MR) is 101 cm³/mol. The second kappa shape index (κ2) is 8.81. The summed E-state index contributed by atoms with van der Waals surface area (Å²) >= 11 is 0. The van der Waals surface area contributed by atoms with E-state index in [1.54, 1.807) is 0 Å². The third-order valence-corrected chi connectivity index (χ3v) is 4.34. The minimum absolute atomic E-state index is 0.455. The van der Waals surface area contributed by atoms with Crippen molar-refractivity contribution >= 4 is 11.3 Å². The topological polar surface area (TPSA) is 17.8 Å². The normalized spacial score (nSPS) is 16.2. The predicted octanol–water partition coefficient (Wildman–Crippen LogP) is 5.98. The van der Waals surface area contributed by atoms with E-state index in [0.717, 1.165) is 35.7 Å². The fraction of sp³-hybridized carbons (Fsp3) is 0.476. The molecule has 1 aromatic heterocycles. The maximum atomic E-state index is 13.0. The van der Waals surface area contributed by atoms with Crippen molar-refractivity contribution in [3.05, 3.63) is 53.9 Å². The molecule has 130 valence electrons. The summed E-state index contributed by atoms with van der Waals surface area (Å²) in [7, 11) is 0. The highest BCUT2D eigenvalue weighted by molar-refractivity contribution is 5.62. The van der Waals surface area contributed by atoms with Crippen molar-refractivity contribution in [3.8, 4) is 0 Å². The van der Waals surface area contributed by atoms with Gasteiger partial charge in [-0.2, -0.15) is 5.10 Å². The number of hydrogen-bond donors (Lipinski definition) is 0.